The Bertz CT molecular complexity index is 415. The number of hydrogen-bond acceptors (Lipinski definition) is 2. The molecule has 0 heterocycles. The van der Waals surface area contributed by atoms with Crippen molar-refractivity contribution < 1.29 is 9.90 Å². The highest BCUT2D eigenvalue weighted by atomic mass is 16.4. The highest BCUT2D eigenvalue weighted by Gasteiger charge is 2.02. The molecule has 1 N–H and O–H groups in total. The zero-order chi connectivity index (χ0) is 14.3. The molecule has 0 aliphatic carbocycles. The first-order valence-corrected chi connectivity index (χ1v) is 6.95. The highest BCUT2D eigenvalue weighted by molar-refractivity contribution is 5.66. The second-order valence-corrected chi connectivity index (χ2v) is 5.32. The minimum absolute atomic E-state index is 0.283. The van der Waals surface area contributed by atoms with E-state index in [4.69, 9.17) is 5.11 Å². The van der Waals surface area contributed by atoms with Gasteiger partial charge in [-0.1, -0.05) is 18.2 Å². The summed E-state index contributed by atoms with van der Waals surface area (Å²) in [5.41, 5.74) is 4.06. The summed E-state index contributed by atoms with van der Waals surface area (Å²) < 4.78 is 0. The van der Waals surface area contributed by atoms with Gasteiger partial charge in [-0.05, 0) is 63.4 Å². The molecule has 0 aliphatic rings. The molecule has 3 heteroatoms. The van der Waals surface area contributed by atoms with Gasteiger partial charge in [0.15, 0.2) is 0 Å². The van der Waals surface area contributed by atoms with Crippen LogP contribution < -0.4 is 0 Å². The molecule has 1 aromatic carbocycles. The normalized spacial score (nSPS) is 10.9. The summed E-state index contributed by atoms with van der Waals surface area (Å²) in [6.45, 7) is 6.27. The Labute approximate surface area is 116 Å². The minimum Gasteiger partial charge on any atom is -0.481 e. The number of carbonyl (C=O) groups is 1. The van der Waals surface area contributed by atoms with Crippen molar-refractivity contribution in [1.82, 2.24) is 4.90 Å². The smallest absolute Gasteiger partial charge is 0.303 e. The molecule has 106 valence electrons. The monoisotopic (exact) mass is 263 g/mol. The van der Waals surface area contributed by atoms with E-state index in [1.807, 2.05) is 0 Å². The maximum absolute atomic E-state index is 10.4. The number of carboxylic acid groups (broad SMARTS) is 1. The predicted octanol–water partition coefficient (Wildman–Crippen LogP) is 3.03. The lowest BCUT2D eigenvalue weighted by Gasteiger charge is -2.16. The van der Waals surface area contributed by atoms with E-state index in [0.29, 0.717) is 0 Å². The molecule has 0 aliphatic heterocycles. The van der Waals surface area contributed by atoms with Crippen LogP contribution in [0.3, 0.4) is 0 Å². The largest absolute Gasteiger partial charge is 0.481 e. The van der Waals surface area contributed by atoms with Crippen LogP contribution in [0.2, 0.25) is 0 Å². The zero-order valence-electron chi connectivity index (χ0n) is 12.3. The number of rotatable bonds is 8. The molecule has 19 heavy (non-hydrogen) atoms. The van der Waals surface area contributed by atoms with E-state index >= 15 is 0 Å². The number of likely N-dealkylation sites (N-methyl/N-ethyl adjacent to an activating group) is 1. The summed E-state index contributed by atoms with van der Waals surface area (Å²) in [7, 11) is 2.10. The van der Waals surface area contributed by atoms with Crippen LogP contribution in [-0.2, 0) is 11.2 Å². The molecule has 0 saturated carbocycles. The molecule has 0 radical (unpaired) electrons. The van der Waals surface area contributed by atoms with Gasteiger partial charge in [-0.2, -0.15) is 0 Å². The number of unbranched alkanes of at least 4 members (excludes halogenated alkanes) is 1. The van der Waals surface area contributed by atoms with E-state index < -0.39 is 5.97 Å². The molecule has 0 aromatic heterocycles. The van der Waals surface area contributed by atoms with Crippen molar-refractivity contribution in [1.29, 1.82) is 0 Å². The lowest BCUT2D eigenvalue weighted by Crippen LogP contribution is -2.22. The van der Waals surface area contributed by atoms with Gasteiger partial charge in [-0.15, -0.1) is 0 Å². The third-order valence-corrected chi connectivity index (χ3v) is 3.53. The van der Waals surface area contributed by atoms with Crippen molar-refractivity contribution >= 4 is 5.97 Å². The number of carboxylic acids is 1. The summed E-state index contributed by atoms with van der Waals surface area (Å²) in [5.74, 6) is -0.696. The second kappa shape index (κ2) is 7.95. The molecule has 0 spiro atoms. The average Bonchev–Trinajstić information content (AvgIpc) is 2.36. The van der Waals surface area contributed by atoms with Crippen LogP contribution in [0.5, 0.6) is 0 Å². The molecule has 0 bridgehead atoms. The Morgan fingerprint density at radius 1 is 1.16 bits per heavy atom. The third kappa shape index (κ3) is 6.39. The Morgan fingerprint density at radius 2 is 1.89 bits per heavy atom. The molecule has 0 atom stereocenters. The van der Waals surface area contributed by atoms with E-state index in [1.165, 1.54) is 16.7 Å². The quantitative estimate of drug-likeness (QED) is 0.733. The summed E-state index contributed by atoms with van der Waals surface area (Å²) in [6.07, 6.45) is 3.06. The Kier molecular flexibility index (Phi) is 6.57. The fourth-order valence-electron chi connectivity index (χ4n) is 2.05. The Morgan fingerprint density at radius 3 is 2.53 bits per heavy atom. The van der Waals surface area contributed by atoms with Crippen molar-refractivity contribution in [3.05, 3.63) is 34.9 Å². The Balaban J connectivity index is 2.24. The maximum Gasteiger partial charge on any atom is 0.303 e. The first-order valence-electron chi connectivity index (χ1n) is 6.95. The van der Waals surface area contributed by atoms with Crippen LogP contribution in [0.25, 0.3) is 0 Å². The summed E-state index contributed by atoms with van der Waals surface area (Å²) >= 11 is 0. The standard InChI is InChI=1S/C16H25NO2/c1-13-7-8-15(12-14(13)2)9-11-17(3)10-5-4-6-16(18)19/h7-8,12H,4-6,9-11H2,1-3H3,(H,18,19). The first-order chi connectivity index (χ1) is 8.99. The van der Waals surface area contributed by atoms with Gasteiger partial charge >= 0.3 is 5.97 Å². The van der Waals surface area contributed by atoms with E-state index in [9.17, 15) is 4.79 Å². The van der Waals surface area contributed by atoms with Crippen LogP contribution in [0, 0.1) is 13.8 Å². The van der Waals surface area contributed by atoms with Gasteiger partial charge in [-0.3, -0.25) is 4.79 Å². The van der Waals surface area contributed by atoms with Crippen molar-refractivity contribution in [3.8, 4) is 0 Å². The Hall–Kier alpha value is -1.35. The maximum atomic E-state index is 10.4. The van der Waals surface area contributed by atoms with Gasteiger partial charge in [0.2, 0.25) is 0 Å². The topological polar surface area (TPSA) is 40.5 Å². The minimum atomic E-state index is -0.696. The SMILES string of the molecule is Cc1ccc(CCN(C)CCCCC(=O)O)cc1C. The average molecular weight is 263 g/mol. The van der Waals surface area contributed by atoms with Crippen molar-refractivity contribution in [3.63, 3.8) is 0 Å². The molecule has 3 nitrogen and oxygen atoms in total. The number of benzene rings is 1. The predicted molar refractivity (Wildman–Crippen MR) is 78.6 cm³/mol. The summed E-state index contributed by atoms with van der Waals surface area (Å²) in [4.78, 5) is 12.7. The number of nitrogens with zero attached hydrogens (tertiary/aromatic N) is 1. The second-order valence-electron chi connectivity index (χ2n) is 5.32. The van der Waals surface area contributed by atoms with Gasteiger partial charge in [-0.25, -0.2) is 0 Å². The molecule has 0 fully saturated rings. The number of hydrogen-bond donors (Lipinski definition) is 1. The molecular formula is C16H25NO2. The van der Waals surface area contributed by atoms with Crippen molar-refractivity contribution in [2.45, 2.75) is 39.5 Å². The van der Waals surface area contributed by atoms with Crippen LogP contribution in [-0.4, -0.2) is 36.1 Å². The number of aryl methyl sites for hydroxylation is 2. The van der Waals surface area contributed by atoms with Crippen LogP contribution in [0.15, 0.2) is 18.2 Å². The van der Waals surface area contributed by atoms with Crippen LogP contribution in [0.4, 0.5) is 0 Å². The van der Waals surface area contributed by atoms with E-state index in [0.717, 1.165) is 32.4 Å². The zero-order valence-corrected chi connectivity index (χ0v) is 12.3. The summed E-state index contributed by atoms with van der Waals surface area (Å²) in [5, 5.41) is 8.57. The van der Waals surface area contributed by atoms with Crippen molar-refractivity contribution in [2.75, 3.05) is 20.1 Å². The fraction of sp³-hybridized carbons (Fsp3) is 0.562. The molecule has 0 amide bonds. The molecule has 0 saturated heterocycles. The van der Waals surface area contributed by atoms with E-state index in [1.54, 1.807) is 0 Å². The van der Waals surface area contributed by atoms with Gasteiger partial charge in [0.1, 0.15) is 0 Å². The van der Waals surface area contributed by atoms with E-state index in [2.05, 4.69) is 44.0 Å². The van der Waals surface area contributed by atoms with Crippen molar-refractivity contribution in [2.24, 2.45) is 0 Å². The van der Waals surface area contributed by atoms with Crippen LogP contribution in [0.1, 0.15) is 36.0 Å². The lowest BCUT2D eigenvalue weighted by atomic mass is 10.0. The summed E-state index contributed by atoms with van der Waals surface area (Å²) in [6, 6.07) is 6.63. The molecular weight excluding hydrogens is 238 g/mol. The van der Waals surface area contributed by atoms with Gasteiger partial charge < -0.3 is 10.0 Å². The van der Waals surface area contributed by atoms with Gasteiger partial charge in [0, 0.05) is 13.0 Å². The number of aliphatic carboxylic acids is 1. The molecule has 1 aromatic rings. The van der Waals surface area contributed by atoms with Gasteiger partial charge in [0.25, 0.3) is 0 Å². The molecule has 0 unspecified atom stereocenters. The highest BCUT2D eigenvalue weighted by Crippen LogP contribution is 2.10. The lowest BCUT2D eigenvalue weighted by molar-refractivity contribution is -0.137. The molecule has 1 rings (SSSR count). The fourth-order valence-corrected chi connectivity index (χ4v) is 2.05. The van der Waals surface area contributed by atoms with Crippen LogP contribution >= 0.6 is 0 Å². The first kappa shape index (κ1) is 15.7. The third-order valence-electron chi connectivity index (χ3n) is 3.53. The van der Waals surface area contributed by atoms with Gasteiger partial charge in [0.05, 0.1) is 0 Å². The van der Waals surface area contributed by atoms with E-state index in [-0.39, 0.29) is 6.42 Å².